The van der Waals surface area contributed by atoms with Crippen LogP contribution in [0.1, 0.15) is 11.1 Å². The van der Waals surface area contributed by atoms with Gasteiger partial charge in [-0.05, 0) is 48.9 Å². The number of H-pyrrole nitrogens is 1. The normalized spacial score (nSPS) is 11.2. The van der Waals surface area contributed by atoms with Crippen LogP contribution in [0.3, 0.4) is 0 Å². The maximum atomic E-state index is 13.1. The van der Waals surface area contributed by atoms with Crippen molar-refractivity contribution in [1.82, 2.24) is 9.55 Å². The van der Waals surface area contributed by atoms with Crippen LogP contribution in [-0.2, 0) is 0 Å². The van der Waals surface area contributed by atoms with E-state index in [2.05, 4.69) is 9.98 Å². The quantitative estimate of drug-likeness (QED) is 0.691. The van der Waals surface area contributed by atoms with E-state index in [1.165, 1.54) is 12.1 Å². The van der Waals surface area contributed by atoms with Gasteiger partial charge in [-0.2, -0.15) is 0 Å². The van der Waals surface area contributed by atoms with Crippen molar-refractivity contribution in [2.24, 2.45) is 4.99 Å². The number of hydrogen-bond acceptors (Lipinski definition) is 4. The summed E-state index contributed by atoms with van der Waals surface area (Å²) >= 11 is 6.03. The molecule has 0 aliphatic heterocycles. The predicted octanol–water partition coefficient (Wildman–Crippen LogP) is 3.08. The van der Waals surface area contributed by atoms with Gasteiger partial charge in [-0.3, -0.25) is 14.8 Å². The monoisotopic (exact) mass is 373 g/mol. The van der Waals surface area contributed by atoms with E-state index in [1.807, 2.05) is 0 Å². The van der Waals surface area contributed by atoms with Crippen LogP contribution in [0.25, 0.3) is 5.69 Å². The average Bonchev–Trinajstić information content (AvgIpc) is 2.59. The van der Waals surface area contributed by atoms with Gasteiger partial charge >= 0.3 is 5.69 Å². The van der Waals surface area contributed by atoms with E-state index < -0.39 is 22.9 Å². The van der Waals surface area contributed by atoms with Gasteiger partial charge < -0.3 is 5.11 Å². The number of benzene rings is 2. The summed E-state index contributed by atoms with van der Waals surface area (Å²) in [5, 5.41) is 10.9. The largest absolute Gasteiger partial charge is 0.493 e. The summed E-state index contributed by atoms with van der Waals surface area (Å²) in [5.41, 5.74) is -0.458. The van der Waals surface area contributed by atoms with Crippen LogP contribution < -0.4 is 11.2 Å². The van der Waals surface area contributed by atoms with Crippen LogP contribution in [-0.4, -0.2) is 20.9 Å². The maximum absolute atomic E-state index is 13.1. The molecule has 0 saturated carbocycles. The Labute approximate surface area is 151 Å². The number of halogens is 2. The molecule has 1 aromatic heterocycles. The highest BCUT2D eigenvalue weighted by atomic mass is 35.5. The summed E-state index contributed by atoms with van der Waals surface area (Å²) in [6.07, 6.45) is 1.15. The Balaban J connectivity index is 2.14. The molecule has 6 nitrogen and oxygen atoms in total. The molecule has 0 spiro atoms. The second-order valence-electron chi connectivity index (χ2n) is 5.45. The van der Waals surface area contributed by atoms with Gasteiger partial charge in [-0.1, -0.05) is 17.7 Å². The van der Waals surface area contributed by atoms with Crippen molar-refractivity contribution in [2.45, 2.75) is 6.92 Å². The fourth-order valence-electron chi connectivity index (χ4n) is 2.35. The van der Waals surface area contributed by atoms with Gasteiger partial charge in [0.05, 0.1) is 11.4 Å². The van der Waals surface area contributed by atoms with Crippen molar-refractivity contribution in [3.8, 4) is 11.6 Å². The lowest BCUT2D eigenvalue weighted by molar-refractivity contribution is 0.430. The molecule has 2 aromatic carbocycles. The molecule has 132 valence electrons. The zero-order valence-electron chi connectivity index (χ0n) is 13.5. The fourth-order valence-corrected chi connectivity index (χ4v) is 2.52. The standard InChI is InChI=1S/C18H13ClFN3O3/c1-10-14(19)3-2-4-15(10)21-9-13-16(24)22-18(26)23(17(13)25)12-7-5-11(20)6-8-12/h2-9,25H,1H3,(H,22,24,26). The molecule has 0 aliphatic carbocycles. The van der Waals surface area contributed by atoms with Crippen molar-refractivity contribution in [3.05, 3.63) is 85.3 Å². The summed E-state index contributed by atoms with van der Waals surface area (Å²) in [4.78, 5) is 30.4. The number of aliphatic imine (C=N–C) groups is 1. The minimum Gasteiger partial charge on any atom is -0.493 e. The molecular formula is C18H13ClFN3O3. The van der Waals surface area contributed by atoms with E-state index >= 15 is 0 Å². The summed E-state index contributed by atoms with van der Waals surface area (Å²) < 4.78 is 13.9. The number of nitrogens with zero attached hydrogens (tertiary/aromatic N) is 2. The molecule has 0 unspecified atom stereocenters. The van der Waals surface area contributed by atoms with Crippen LogP contribution >= 0.6 is 11.6 Å². The first-order valence-corrected chi connectivity index (χ1v) is 7.89. The molecule has 0 fully saturated rings. The van der Waals surface area contributed by atoms with Crippen molar-refractivity contribution in [3.63, 3.8) is 0 Å². The summed E-state index contributed by atoms with van der Waals surface area (Å²) in [5.74, 6) is -1.10. The van der Waals surface area contributed by atoms with E-state index in [4.69, 9.17) is 11.6 Å². The number of aromatic hydroxyl groups is 1. The van der Waals surface area contributed by atoms with Crippen LogP contribution in [0.4, 0.5) is 10.1 Å². The molecule has 3 rings (SSSR count). The Morgan fingerprint density at radius 3 is 2.58 bits per heavy atom. The minimum atomic E-state index is -0.852. The second kappa shape index (κ2) is 6.97. The highest BCUT2D eigenvalue weighted by Gasteiger charge is 2.14. The molecule has 0 atom stereocenters. The number of aromatic nitrogens is 2. The van der Waals surface area contributed by atoms with E-state index in [0.717, 1.165) is 22.9 Å². The van der Waals surface area contributed by atoms with Gasteiger partial charge in [0, 0.05) is 11.2 Å². The molecule has 26 heavy (non-hydrogen) atoms. The highest BCUT2D eigenvalue weighted by Crippen LogP contribution is 2.25. The van der Waals surface area contributed by atoms with Crippen LogP contribution in [0, 0.1) is 12.7 Å². The van der Waals surface area contributed by atoms with Crippen molar-refractivity contribution in [2.75, 3.05) is 0 Å². The van der Waals surface area contributed by atoms with E-state index in [1.54, 1.807) is 25.1 Å². The average molecular weight is 374 g/mol. The molecule has 8 heteroatoms. The molecule has 0 saturated heterocycles. The Morgan fingerprint density at radius 1 is 1.19 bits per heavy atom. The second-order valence-corrected chi connectivity index (χ2v) is 5.86. The number of nitrogens with one attached hydrogen (secondary N) is 1. The van der Waals surface area contributed by atoms with Crippen molar-refractivity contribution < 1.29 is 9.50 Å². The summed E-state index contributed by atoms with van der Waals surface area (Å²) in [7, 11) is 0. The predicted molar refractivity (Wildman–Crippen MR) is 97.7 cm³/mol. The minimum absolute atomic E-state index is 0.193. The lowest BCUT2D eigenvalue weighted by atomic mass is 10.2. The first-order valence-electron chi connectivity index (χ1n) is 7.52. The molecule has 0 amide bonds. The zero-order valence-corrected chi connectivity index (χ0v) is 14.3. The third kappa shape index (κ3) is 3.29. The SMILES string of the molecule is Cc1c(Cl)cccc1N=Cc1c(O)n(-c2ccc(F)cc2)c(=O)[nH]c1=O. The molecule has 1 heterocycles. The number of hydrogen-bond donors (Lipinski definition) is 2. The van der Waals surface area contributed by atoms with Gasteiger partial charge in [0.2, 0.25) is 5.88 Å². The van der Waals surface area contributed by atoms with E-state index in [9.17, 15) is 19.1 Å². The van der Waals surface area contributed by atoms with Crippen LogP contribution in [0.15, 0.2) is 57.0 Å². The van der Waals surface area contributed by atoms with Crippen molar-refractivity contribution in [1.29, 1.82) is 0 Å². The van der Waals surface area contributed by atoms with E-state index in [-0.39, 0.29) is 11.3 Å². The molecule has 0 aliphatic rings. The lowest BCUT2D eigenvalue weighted by Gasteiger charge is -2.09. The Hall–Kier alpha value is -3.19. The summed E-state index contributed by atoms with van der Waals surface area (Å²) in [6, 6.07) is 9.97. The highest BCUT2D eigenvalue weighted by molar-refractivity contribution is 6.31. The zero-order chi connectivity index (χ0) is 18.8. The third-order valence-electron chi connectivity index (χ3n) is 3.78. The summed E-state index contributed by atoms with van der Waals surface area (Å²) in [6.45, 7) is 1.76. The van der Waals surface area contributed by atoms with Crippen LogP contribution in [0.5, 0.6) is 5.88 Å². The Kier molecular flexibility index (Phi) is 4.73. The fraction of sp³-hybridized carbons (Fsp3) is 0.0556. The Bertz CT molecular complexity index is 1120. The molecule has 3 aromatic rings. The lowest BCUT2D eigenvalue weighted by Crippen LogP contribution is -2.31. The van der Waals surface area contributed by atoms with Gasteiger partial charge in [-0.15, -0.1) is 0 Å². The molecular weight excluding hydrogens is 361 g/mol. The number of rotatable bonds is 3. The van der Waals surface area contributed by atoms with Gasteiger partial charge in [0.1, 0.15) is 11.4 Å². The molecule has 0 bridgehead atoms. The number of aromatic amines is 1. The topological polar surface area (TPSA) is 87.4 Å². The van der Waals surface area contributed by atoms with Gasteiger partial charge in [0.15, 0.2) is 0 Å². The smallest absolute Gasteiger partial charge is 0.335 e. The Morgan fingerprint density at radius 2 is 1.88 bits per heavy atom. The maximum Gasteiger partial charge on any atom is 0.335 e. The van der Waals surface area contributed by atoms with E-state index in [0.29, 0.717) is 16.3 Å². The first-order chi connectivity index (χ1) is 12.4. The van der Waals surface area contributed by atoms with Gasteiger partial charge in [0.25, 0.3) is 5.56 Å². The van der Waals surface area contributed by atoms with Crippen LogP contribution in [0.2, 0.25) is 5.02 Å². The molecule has 0 radical (unpaired) electrons. The van der Waals surface area contributed by atoms with Crippen molar-refractivity contribution >= 4 is 23.5 Å². The molecule has 2 N–H and O–H groups in total. The third-order valence-corrected chi connectivity index (χ3v) is 4.19. The van der Waals surface area contributed by atoms with Gasteiger partial charge in [-0.25, -0.2) is 13.8 Å². The first kappa shape index (κ1) is 17.6.